The minimum Gasteiger partial charge on any atom is -0.328 e. The second-order valence-corrected chi connectivity index (χ2v) is 6.24. The SMILES string of the molecule is CCC(C)COP(C)(=O)CCC=O. The van der Waals surface area contributed by atoms with Crippen LogP contribution in [-0.4, -0.2) is 25.7 Å². The van der Waals surface area contributed by atoms with E-state index in [4.69, 9.17) is 4.52 Å². The number of hydrogen-bond acceptors (Lipinski definition) is 3. The van der Waals surface area contributed by atoms with Crippen molar-refractivity contribution in [3.05, 3.63) is 0 Å². The highest BCUT2D eigenvalue weighted by atomic mass is 31.2. The van der Waals surface area contributed by atoms with Gasteiger partial charge in [0.2, 0.25) is 7.37 Å². The van der Waals surface area contributed by atoms with Gasteiger partial charge in [-0.05, 0) is 5.92 Å². The fourth-order valence-electron chi connectivity index (χ4n) is 0.755. The lowest BCUT2D eigenvalue weighted by Crippen LogP contribution is -2.04. The highest BCUT2D eigenvalue weighted by Crippen LogP contribution is 2.43. The van der Waals surface area contributed by atoms with Gasteiger partial charge in [0.15, 0.2) is 0 Å². The van der Waals surface area contributed by atoms with E-state index in [-0.39, 0.29) is 0 Å². The summed E-state index contributed by atoms with van der Waals surface area (Å²) in [5.41, 5.74) is 0. The van der Waals surface area contributed by atoms with Gasteiger partial charge in [-0.1, -0.05) is 20.3 Å². The number of hydrogen-bond donors (Lipinski definition) is 0. The van der Waals surface area contributed by atoms with Gasteiger partial charge in [-0.2, -0.15) is 0 Å². The van der Waals surface area contributed by atoms with Crippen LogP contribution < -0.4 is 0 Å². The zero-order valence-electron chi connectivity index (χ0n) is 8.66. The molecule has 13 heavy (non-hydrogen) atoms. The Hall–Kier alpha value is -0.140. The number of rotatable bonds is 7. The molecule has 0 bridgehead atoms. The zero-order valence-corrected chi connectivity index (χ0v) is 9.55. The first-order chi connectivity index (χ1) is 6.02. The molecule has 0 radical (unpaired) electrons. The summed E-state index contributed by atoms with van der Waals surface area (Å²) in [6, 6.07) is 0. The molecule has 0 aliphatic rings. The number of carbonyl (C=O) groups is 1. The third-order valence-corrected chi connectivity index (χ3v) is 3.75. The van der Waals surface area contributed by atoms with E-state index in [0.29, 0.717) is 25.1 Å². The van der Waals surface area contributed by atoms with E-state index in [1.807, 2.05) is 0 Å². The summed E-state index contributed by atoms with van der Waals surface area (Å²) in [5, 5.41) is 0. The maximum Gasteiger partial charge on any atom is 0.200 e. The van der Waals surface area contributed by atoms with Gasteiger partial charge in [-0.15, -0.1) is 0 Å². The van der Waals surface area contributed by atoms with E-state index < -0.39 is 7.37 Å². The quantitative estimate of drug-likeness (QED) is 0.475. The fourth-order valence-corrected chi connectivity index (χ4v) is 2.03. The van der Waals surface area contributed by atoms with Gasteiger partial charge < -0.3 is 9.32 Å². The molecule has 0 aromatic carbocycles. The van der Waals surface area contributed by atoms with Gasteiger partial charge in [0.1, 0.15) is 6.29 Å². The van der Waals surface area contributed by atoms with Crippen LogP contribution in [0, 0.1) is 5.92 Å². The molecule has 0 heterocycles. The summed E-state index contributed by atoms with van der Waals surface area (Å²) >= 11 is 0. The maximum absolute atomic E-state index is 11.6. The minimum atomic E-state index is -2.51. The predicted octanol–water partition coefficient (Wildman–Crippen LogP) is 2.55. The molecule has 0 aliphatic carbocycles. The molecule has 2 unspecified atom stereocenters. The highest BCUT2D eigenvalue weighted by Gasteiger charge is 2.16. The van der Waals surface area contributed by atoms with Crippen LogP contribution in [-0.2, 0) is 13.9 Å². The first kappa shape index (κ1) is 12.9. The van der Waals surface area contributed by atoms with Crippen LogP contribution in [0.2, 0.25) is 0 Å². The first-order valence-electron chi connectivity index (χ1n) is 4.66. The van der Waals surface area contributed by atoms with Crippen molar-refractivity contribution in [2.45, 2.75) is 26.7 Å². The molecule has 0 rings (SSSR count). The first-order valence-corrected chi connectivity index (χ1v) is 6.92. The average Bonchev–Trinajstić information content (AvgIpc) is 2.11. The summed E-state index contributed by atoms with van der Waals surface area (Å²) in [6.45, 7) is 6.25. The van der Waals surface area contributed by atoms with Crippen LogP contribution >= 0.6 is 7.37 Å². The summed E-state index contributed by atoms with van der Waals surface area (Å²) in [4.78, 5) is 10.1. The van der Waals surface area contributed by atoms with E-state index in [0.717, 1.165) is 12.7 Å². The Bertz CT molecular complexity index is 191. The van der Waals surface area contributed by atoms with Gasteiger partial charge in [-0.3, -0.25) is 4.57 Å². The molecule has 3 nitrogen and oxygen atoms in total. The van der Waals surface area contributed by atoms with E-state index in [1.54, 1.807) is 6.66 Å². The Labute approximate surface area is 80.3 Å². The normalized spacial score (nSPS) is 17.8. The third-order valence-electron chi connectivity index (χ3n) is 1.98. The molecule has 0 saturated carbocycles. The lowest BCUT2D eigenvalue weighted by atomic mass is 10.1. The largest absolute Gasteiger partial charge is 0.328 e. The van der Waals surface area contributed by atoms with Gasteiger partial charge >= 0.3 is 0 Å². The van der Waals surface area contributed by atoms with Crippen LogP contribution in [0.3, 0.4) is 0 Å². The maximum atomic E-state index is 11.6. The van der Waals surface area contributed by atoms with Gasteiger partial charge in [0.05, 0.1) is 6.61 Å². The highest BCUT2D eigenvalue weighted by molar-refractivity contribution is 7.58. The van der Waals surface area contributed by atoms with Gasteiger partial charge in [0.25, 0.3) is 0 Å². The smallest absolute Gasteiger partial charge is 0.200 e. The molecule has 0 saturated heterocycles. The van der Waals surface area contributed by atoms with E-state index in [2.05, 4.69) is 13.8 Å². The number of aldehydes is 1. The Morgan fingerprint density at radius 1 is 1.54 bits per heavy atom. The Morgan fingerprint density at radius 3 is 2.62 bits per heavy atom. The van der Waals surface area contributed by atoms with Gasteiger partial charge in [0, 0.05) is 19.2 Å². The monoisotopic (exact) mass is 206 g/mol. The van der Waals surface area contributed by atoms with E-state index in [9.17, 15) is 9.36 Å². The molecule has 0 aromatic rings. The molecule has 0 spiro atoms. The van der Waals surface area contributed by atoms with Crippen molar-refractivity contribution < 1.29 is 13.9 Å². The van der Waals surface area contributed by atoms with Crippen LogP contribution in [0.15, 0.2) is 0 Å². The molecule has 0 amide bonds. The van der Waals surface area contributed by atoms with Crippen molar-refractivity contribution in [2.24, 2.45) is 5.92 Å². The fraction of sp³-hybridized carbons (Fsp3) is 0.889. The molecule has 4 heteroatoms. The summed E-state index contributed by atoms with van der Waals surface area (Å²) in [6.07, 6.45) is 2.50. The Balaban J connectivity index is 3.74. The minimum absolute atomic E-state index is 0.328. The molecular weight excluding hydrogens is 187 g/mol. The third kappa shape index (κ3) is 6.97. The molecule has 0 fully saturated rings. The molecular formula is C9H19O3P. The summed E-state index contributed by atoms with van der Waals surface area (Å²) in [7, 11) is -2.51. The van der Waals surface area contributed by atoms with Crippen LogP contribution in [0.5, 0.6) is 0 Å². The molecule has 0 N–H and O–H groups in total. The number of carbonyl (C=O) groups excluding carboxylic acids is 1. The molecule has 78 valence electrons. The molecule has 0 aliphatic heterocycles. The topological polar surface area (TPSA) is 43.4 Å². The van der Waals surface area contributed by atoms with E-state index in [1.165, 1.54) is 0 Å². The van der Waals surface area contributed by atoms with Crippen LogP contribution in [0.1, 0.15) is 26.7 Å². The van der Waals surface area contributed by atoms with Crippen LogP contribution in [0.25, 0.3) is 0 Å². The summed E-state index contributed by atoms with van der Waals surface area (Å²) in [5.74, 6) is 0.435. The lowest BCUT2D eigenvalue weighted by molar-refractivity contribution is -0.107. The van der Waals surface area contributed by atoms with Crippen molar-refractivity contribution in [1.82, 2.24) is 0 Å². The van der Waals surface area contributed by atoms with E-state index >= 15 is 0 Å². The van der Waals surface area contributed by atoms with Gasteiger partial charge in [-0.25, -0.2) is 0 Å². The van der Waals surface area contributed by atoms with Crippen molar-refractivity contribution in [2.75, 3.05) is 19.4 Å². The Morgan fingerprint density at radius 2 is 2.15 bits per heavy atom. The second-order valence-electron chi connectivity index (χ2n) is 3.50. The van der Waals surface area contributed by atoms with Crippen molar-refractivity contribution >= 4 is 13.7 Å². The Kier molecular flexibility index (Phi) is 6.27. The zero-order chi connectivity index (χ0) is 10.3. The average molecular weight is 206 g/mol. The van der Waals surface area contributed by atoms with Crippen LogP contribution in [0.4, 0.5) is 0 Å². The van der Waals surface area contributed by atoms with Crippen molar-refractivity contribution in [1.29, 1.82) is 0 Å². The molecule has 2 atom stereocenters. The molecule has 0 aromatic heterocycles. The second kappa shape index (κ2) is 6.33. The standard InChI is InChI=1S/C9H19O3P/c1-4-9(2)8-12-13(3,11)7-5-6-10/h6,9H,4-5,7-8H2,1-3H3. The predicted molar refractivity (Wildman–Crippen MR) is 54.5 cm³/mol. The van der Waals surface area contributed by atoms with Crippen molar-refractivity contribution in [3.63, 3.8) is 0 Å². The summed E-state index contributed by atoms with van der Waals surface area (Å²) < 4.78 is 16.9. The lowest BCUT2D eigenvalue weighted by Gasteiger charge is -2.15. The van der Waals surface area contributed by atoms with Crippen molar-refractivity contribution in [3.8, 4) is 0 Å².